The third-order valence-electron chi connectivity index (χ3n) is 3.61. The van der Waals surface area contributed by atoms with Crippen molar-refractivity contribution in [2.75, 3.05) is 13.2 Å². The zero-order chi connectivity index (χ0) is 18.1. The Morgan fingerprint density at radius 2 is 1.84 bits per heavy atom. The van der Waals surface area contributed by atoms with E-state index >= 15 is 0 Å². The van der Waals surface area contributed by atoms with Crippen molar-refractivity contribution < 1.29 is 9.47 Å². The Labute approximate surface area is 154 Å². The molecule has 0 saturated carbocycles. The van der Waals surface area contributed by atoms with E-state index in [0.29, 0.717) is 29.6 Å². The highest BCUT2D eigenvalue weighted by Crippen LogP contribution is 2.30. The average Bonchev–Trinajstić information content (AvgIpc) is 2.62. The lowest BCUT2D eigenvalue weighted by atomic mass is 10.0. The van der Waals surface area contributed by atoms with E-state index in [1.165, 1.54) is 0 Å². The molecule has 2 aromatic carbocycles. The number of unbranched alkanes of at least 4 members (excludes halogenated alkanes) is 1. The summed E-state index contributed by atoms with van der Waals surface area (Å²) >= 11 is 5.91. The molecule has 0 radical (unpaired) electrons. The van der Waals surface area contributed by atoms with Gasteiger partial charge in [0.25, 0.3) is 0 Å². The molecule has 0 saturated heterocycles. The smallest absolute Gasteiger partial charge is 0.161 e. The Balaban J connectivity index is 2.29. The first-order chi connectivity index (χ1) is 12.2. The fraction of sp³-hybridized carbons (Fsp3) is 0.286. The van der Waals surface area contributed by atoms with Gasteiger partial charge in [0.1, 0.15) is 0 Å². The summed E-state index contributed by atoms with van der Waals surface area (Å²) in [7, 11) is 0. The topological polar surface area (TPSA) is 42.2 Å². The van der Waals surface area contributed by atoms with Crippen molar-refractivity contribution in [1.29, 1.82) is 5.26 Å². The Morgan fingerprint density at radius 3 is 2.48 bits per heavy atom. The van der Waals surface area contributed by atoms with Crippen molar-refractivity contribution in [1.82, 2.24) is 0 Å². The fourth-order valence-electron chi connectivity index (χ4n) is 2.30. The van der Waals surface area contributed by atoms with Crippen LogP contribution in [-0.4, -0.2) is 13.2 Å². The third kappa shape index (κ3) is 5.55. The van der Waals surface area contributed by atoms with Crippen LogP contribution in [0.25, 0.3) is 11.6 Å². The standard InChI is InChI=1S/C21H22ClNO2/c1-3-5-12-25-20-11-6-16(14-21(20)24-4-2)13-18(15-23)17-7-9-19(22)10-8-17/h6-11,13-14H,3-5,12H2,1-2H3. The van der Waals surface area contributed by atoms with Crippen LogP contribution in [0.15, 0.2) is 42.5 Å². The number of hydrogen-bond acceptors (Lipinski definition) is 3. The Bertz CT molecular complexity index is 760. The molecule has 130 valence electrons. The molecule has 0 N–H and O–H groups in total. The summed E-state index contributed by atoms with van der Waals surface area (Å²) in [5.41, 5.74) is 2.28. The highest BCUT2D eigenvalue weighted by Gasteiger charge is 2.07. The zero-order valence-electron chi connectivity index (χ0n) is 14.6. The maximum Gasteiger partial charge on any atom is 0.161 e. The first-order valence-electron chi connectivity index (χ1n) is 8.45. The molecule has 0 aliphatic rings. The molecule has 2 aromatic rings. The van der Waals surface area contributed by atoms with Gasteiger partial charge in [0.15, 0.2) is 11.5 Å². The molecule has 0 fully saturated rings. The van der Waals surface area contributed by atoms with Gasteiger partial charge in [-0.05, 0) is 54.8 Å². The van der Waals surface area contributed by atoms with E-state index < -0.39 is 0 Å². The van der Waals surface area contributed by atoms with Gasteiger partial charge in [-0.3, -0.25) is 0 Å². The monoisotopic (exact) mass is 355 g/mol. The van der Waals surface area contributed by atoms with Crippen molar-refractivity contribution in [3.8, 4) is 17.6 Å². The lowest BCUT2D eigenvalue weighted by Crippen LogP contribution is -2.00. The zero-order valence-corrected chi connectivity index (χ0v) is 15.3. The molecule has 0 aliphatic carbocycles. The molecule has 0 atom stereocenters. The van der Waals surface area contributed by atoms with Crippen LogP contribution in [-0.2, 0) is 0 Å². The van der Waals surface area contributed by atoms with E-state index in [-0.39, 0.29) is 0 Å². The minimum atomic E-state index is 0.555. The van der Waals surface area contributed by atoms with Crippen molar-refractivity contribution in [3.63, 3.8) is 0 Å². The second kappa shape index (κ2) is 9.76. The van der Waals surface area contributed by atoms with Crippen LogP contribution < -0.4 is 9.47 Å². The van der Waals surface area contributed by atoms with E-state index in [1.807, 2.05) is 43.3 Å². The molecule has 0 unspecified atom stereocenters. The van der Waals surface area contributed by atoms with Crippen LogP contribution in [0.2, 0.25) is 5.02 Å². The quantitative estimate of drug-likeness (QED) is 0.332. The number of rotatable bonds is 8. The number of benzene rings is 2. The highest BCUT2D eigenvalue weighted by atomic mass is 35.5. The second-order valence-electron chi connectivity index (χ2n) is 5.52. The van der Waals surface area contributed by atoms with Crippen LogP contribution in [0.1, 0.15) is 37.8 Å². The molecular weight excluding hydrogens is 334 g/mol. The Kier molecular flexibility index (Phi) is 7.37. The summed E-state index contributed by atoms with van der Waals surface area (Å²) in [5.74, 6) is 1.43. The van der Waals surface area contributed by atoms with E-state index in [0.717, 1.165) is 29.7 Å². The number of ether oxygens (including phenoxy) is 2. The highest BCUT2D eigenvalue weighted by molar-refractivity contribution is 6.30. The predicted octanol–water partition coefficient (Wildman–Crippen LogP) is 5.98. The second-order valence-corrected chi connectivity index (χ2v) is 5.95. The van der Waals surface area contributed by atoms with Gasteiger partial charge in [-0.25, -0.2) is 0 Å². The van der Waals surface area contributed by atoms with Crippen LogP contribution in [0, 0.1) is 11.3 Å². The number of nitriles is 1. The van der Waals surface area contributed by atoms with Gasteiger partial charge in [-0.1, -0.05) is 43.1 Å². The Hall–Kier alpha value is -2.44. The van der Waals surface area contributed by atoms with E-state index in [1.54, 1.807) is 12.1 Å². The van der Waals surface area contributed by atoms with Crippen molar-refractivity contribution in [3.05, 3.63) is 58.6 Å². The van der Waals surface area contributed by atoms with E-state index in [4.69, 9.17) is 21.1 Å². The van der Waals surface area contributed by atoms with Gasteiger partial charge in [0.05, 0.1) is 24.9 Å². The van der Waals surface area contributed by atoms with Crippen LogP contribution >= 0.6 is 11.6 Å². The Morgan fingerprint density at radius 1 is 1.08 bits per heavy atom. The SMILES string of the molecule is CCCCOc1ccc(C=C(C#N)c2ccc(Cl)cc2)cc1OCC. The van der Waals surface area contributed by atoms with Gasteiger partial charge in [0, 0.05) is 5.02 Å². The normalized spacial score (nSPS) is 11.0. The molecule has 0 heterocycles. The summed E-state index contributed by atoms with van der Waals surface area (Å²) in [5, 5.41) is 10.1. The van der Waals surface area contributed by atoms with Gasteiger partial charge < -0.3 is 9.47 Å². The van der Waals surface area contributed by atoms with Crippen LogP contribution in [0.3, 0.4) is 0 Å². The van der Waals surface area contributed by atoms with Gasteiger partial charge in [-0.15, -0.1) is 0 Å². The predicted molar refractivity (Wildman–Crippen MR) is 103 cm³/mol. The van der Waals surface area contributed by atoms with Crippen molar-refractivity contribution in [2.24, 2.45) is 0 Å². The lowest BCUT2D eigenvalue weighted by molar-refractivity contribution is 0.272. The van der Waals surface area contributed by atoms with Gasteiger partial charge in [-0.2, -0.15) is 5.26 Å². The summed E-state index contributed by atoms with van der Waals surface area (Å²) in [4.78, 5) is 0. The molecule has 4 heteroatoms. The summed E-state index contributed by atoms with van der Waals surface area (Å²) in [6.07, 6.45) is 3.92. The minimum Gasteiger partial charge on any atom is -0.490 e. The molecular formula is C21H22ClNO2. The van der Waals surface area contributed by atoms with Gasteiger partial charge in [0.2, 0.25) is 0 Å². The summed E-state index contributed by atoms with van der Waals surface area (Å²) in [6, 6.07) is 15.2. The minimum absolute atomic E-state index is 0.555. The number of nitrogens with zero attached hydrogens (tertiary/aromatic N) is 1. The fourth-order valence-corrected chi connectivity index (χ4v) is 2.43. The maximum absolute atomic E-state index is 9.47. The van der Waals surface area contributed by atoms with Crippen molar-refractivity contribution in [2.45, 2.75) is 26.7 Å². The number of hydrogen-bond donors (Lipinski definition) is 0. The molecule has 0 bridgehead atoms. The summed E-state index contributed by atoms with van der Waals surface area (Å²) in [6.45, 7) is 5.28. The lowest BCUT2D eigenvalue weighted by Gasteiger charge is -2.12. The number of allylic oxidation sites excluding steroid dienone is 1. The van der Waals surface area contributed by atoms with E-state index in [2.05, 4.69) is 13.0 Å². The molecule has 25 heavy (non-hydrogen) atoms. The third-order valence-corrected chi connectivity index (χ3v) is 3.86. The summed E-state index contributed by atoms with van der Waals surface area (Å²) < 4.78 is 11.5. The molecule has 0 aromatic heterocycles. The first-order valence-corrected chi connectivity index (χ1v) is 8.83. The molecule has 0 amide bonds. The average molecular weight is 356 g/mol. The van der Waals surface area contributed by atoms with Crippen LogP contribution in [0.5, 0.6) is 11.5 Å². The molecule has 0 spiro atoms. The maximum atomic E-state index is 9.47. The van der Waals surface area contributed by atoms with E-state index in [9.17, 15) is 5.26 Å². The number of halogens is 1. The molecule has 2 rings (SSSR count). The molecule has 0 aliphatic heterocycles. The molecule has 3 nitrogen and oxygen atoms in total. The van der Waals surface area contributed by atoms with Crippen molar-refractivity contribution >= 4 is 23.3 Å². The first kappa shape index (κ1) is 18.9. The van der Waals surface area contributed by atoms with Gasteiger partial charge >= 0.3 is 0 Å². The largest absolute Gasteiger partial charge is 0.490 e. The van der Waals surface area contributed by atoms with Crippen LogP contribution in [0.4, 0.5) is 0 Å².